The molecule has 0 spiro atoms. The van der Waals surface area contributed by atoms with Crippen molar-refractivity contribution in [3.05, 3.63) is 41.0 Å². The molecule has 0 amide bonds. The molecule has 1 heterocycles. The molecule has 0 unspecified atom stereocenters. The van der Waals surface area contributed by atoms with Crippen LogP contribution in [0, 0.1) is 26.6 Å². The second-order valence-electron chi connectivity index (χ2n) is 4.24. The van der Waals surface area contributed by atoms with Gasteiger partial charge >= 0.3 is 0 Å². The van der Waals surface area contributed by atoms with E-state index in [0.717, 1.165) is 5.56 Å². The fourth-order valence-corrected chi connectivity index (χ4v) is 3.16. The lowest BCUT2D eigenvalue weighted by Crippen LogP contribution is -2.15. The maximum atomic E-state index is 13.6. The van der Waals surface area contributed by atoms with Crippen molar-refractivity contribution in [2.24, 2.45) is 0 Å². The van der Waals surface area contributed by atoms with Gasteiger partial charge in [0.2, 0.25) is 0 Å². The zero-order valence-electron chi connectivity index (χ0n) is 10.7. The molecule has 1 aromatic heterocycles. The molecule has 0 aliphatic rings. The average molecular weight is 284 g/mol. The summed E-state index contributed by atoms with van der Waals surface area (Å²) in [5, 5.41) is 3.58. The molecule has 0 saturated carbocycles. The maximum absolute atomic E-state index is 13.6. The van der Waals surface area contributed by atoms with E-state index in [2.05, 4.69) is 9.88 Å². The lowest BCUT2D eigenvalue weighted by molar-refractivity contribution is 0.390. The summed E-state index contributed by atoms with van der Waals surface area (Å²) in [4.78, 5) is -0.0617. The highest BCUT2D eigenvalue weighted by Gasteiger charge is 2.25. The van der Waals surface area contributed by atoms with E-state index in [1.165, 1.54) is 26.0 Å². The summed E-state index contributed by atoms with van der Waals surface area (Å²) < 4.78 is 45.0. The van der Waals surface area contributed by atoms with Crippen molar-refractivity contribution in [3.8, 4) is 0 Å². The van der Waals surface area contributed by atoms with Gasteiger partial charge in [-0.1, -0.05) is 11.2 Å². The summed E-state index contributed by atoms with van der Waals surface area (Å²) in [5.74, 6) is -0.473. The van der Waals surface area contributed by atoms with E-state index < -0.39 is 15.8 Å². The van der Waals surface area contributed by atoms with Crippen LogP contribution in [0.4, 0.5) is 10.1 Å². The SMILES string of the molecule is Cc1ccc(F)c(NS(=O)(=O)c2c(C)noc2C)c1. The van der Waals surface area contributed by atoms with E-state index >= 15 is 0 Å². The van der Waals surface area contributed by atoms with Crippen LogP contribution in [0.2, 0.25) is 0 Å². The first-order valence-corrected chi connectivity index (χ1v) is 7.01. The molecule has 2 aromatic rings. The summed E-state index contributed by atoms with van der Waals surface area (Å²) in [5.41, 5.74) is 0.885. The van der Waals surface area contributed by atoms with Crippen molar-refractivity contribution in [3.63, 3.8) is 0 Å². The topological polar surface area (TPSA) is 72.2 Å². The van der Waals surface area contributed by atoms with Crippen LogP contribution in [-0.4, -0.2) is 13.6 Å². The molecule has 5 nitrogen and oxygen atoms in total. The monoisotopic (exact) mass is 284 g/mol. The van der Waals surface area contributed by atoms with Gasteiger partial charge in [-0.3, -0.25) is 4.72 Å². The number of hydrogen-bond acceptors (Lipinski definition) is 4. The maximum Gasteiger partial charge on any atom is 0.267 e. The Labute approximate surface area is 110 Å². The Balaban J connectivity index is 2.45. The van der Waals surface area contributed by atoms with E-state index in [9.17, 15) is 12.8 Å². The molecular weight excluding hydrogens is 271 g/mol. The van der Waals surface area contributed by atoms with Crippen LogP contribution in [0.15, 0.2) is 27.6 Å². The second-order valence-corrected chi connectivity index (χ2v) is 5.86. The van der Waals surface area contributed by atoms with Crippen LogP contribution in [-0.2, 0) is 10.0 Å². The van der Waals surface area contributed by atoms with Crippen LogP contribution < -0.4 is 4.72 Å². The summed E-state index contributed by atoms with van der Waals surface area (Å²) in [6, 6.07) is 4.19. The predicted molar refractivity (Wildman–Crippen MR) is 67.9 cm³/mol. The Morgan fingerprint density at radius 1 is 1.26 bits per heavy atom. The molecule has 2 rings (SSSR count). The van der Waals surface area contributed by atoms with Crippen molar-refractivity contribution in [2.45, 2.75) is 25.7 Å². The number of aryl methyl sites for hydroxylation is 3. The smallest absolute Gasteiger partial charge is 0.267 e. The molecule has 0 aliphatic carbocycles. The quantitative estimate of drug-likeness (QED) is 0.940. The van der Waals surface area contributed by atoms with Gasteiger partial charge in [-0.2, -0.15) is 0 Å². The molecule has 102 valence electrons. The predicted octanol–water partition coefficient (Wildman–Crippen LogP) is 2.54. The van der Waals surface area contributed by atoms with Crippen LogP contribution in [0.3, 0.4) is 0 Å². The number of aromatic nitrogens is 1. The average Bonchev–Trinajstić information content (AvgIpc) is 2.64. The van der Waals surface area contributed by atoms with Gasteiger partial charge in [0.1, 0.15) is 11.5 Å². The Kier molecular flexibility index (Phi) is 3.32. The van der Waals surface area contributed by atoms with E-state index in [4.69, 9.17) is 4.52 Å². The van der Waals surface area contributed by atoms with E-state index in [0.29, 0.717) is 0 Å². The molecule has 0 bridgehead atoms. The van der Waals surface area contributed by atoms with Crippen molar-refractivity contribution < 1.29 is 17.3 Å². The Hall–Kier alpha value is -1.89. The van der Waals surface area contributed by atoms with E-state index in [1.807, 2.05) is 0 Å². The molecule has 7 heteroatoms. The third-order valence-electron chi connectivity index (χ3n) is 2.60. The first-order valence-electron chi connectivity index (χ1n) is 5.53. The van der Waals surface area contributed by atoms with Crippen LogP contribution in [0.25, 0.3) is 0 Å². The molecule has 1 N–H and O–H groups in total. The van der Waals surface area contributed by atoms with Crippen molar-refractivity contribution in [1.82, 2.24) is 5.16 Å². The Morgan fingerprint density at radius 2 is 1.95 bits per heavy atom. The van der Waals surface area contributed by atoms with Gasteiger partial charge in [-0.05, 0) is 38.5 Å². The summed E-state index contributed by atoms with van der Waals surface area (Å²) in [6.07, 6.45) is 0. The first kappa shape index (κ1) is 13.5. The van der Waals surface area contributed by atoms with Gasteiger partial charge in [0.15, 0.2) is 10.7 Å². The summed E-state index contributed by atoms with van der Waals surface area (Å²) >= 11 is 0. The highest BCUT2D eigenvalue weighted by molar-refractivity contribution is 7.92. The van der Waals surface area contributed by atoms with Gasteiger partial charge in [-0.15, -0.1) is 0 Å². The number of nitrogens with zero attached hydrogens (tertiary/aromatic N) is 1. The van der Waals surface area contributed by atoms with Gasteiger partial charge in [0.25, 0.3) is 10.0 Å². The molecular formula is C12H13FN2O3S. The fraction of sp³-hybridized carbons (Fsp3) is 0.250. The van der Waals surface area contributed by atoms with Crippen LogP contribution >= 0.6 is 0 Å². The standard InChI is InChI=1S/C12H13FN2O3S/c1-7-4-5-10(13)11(6-7)15-19(16,17)12-8(2)14-18-9(12)3/h4-6,15H,1-3H3. The molecule has 0 fully saturated rings. The number of rotatable bonds is 3. The number of benzene rings is 1. The minimum atomic E-state index is -3.92. The number of anilines is 1. The molecule has 0 atom stereocenters. The van der Waals surface area contributed by atoms with E-state index in [1.54, 1.807) is 13.0 Å². The van der Waals surface area contributed by atoms with Crippen LogP contribution in [0.5, 0.6) is 0 Å². The number of sulfonamides is 1. The summed E-state index contributed by atoms with van der Waals surface area (Å²) in [7, 11) is -3.92. The lowest BCUT2D eigenvalue weighted by Gasteiger charge is -2.09. The molecule has 0 saturated heterocycles. The second kappa shape index (κ2) is 4.65. The van der Waals surface area contributed by atoms with E-state index in [-0.39, 0.29) is 22.0 Å². The summed E-state index contributed by atoms with van der Waals surface area (Å²) in [6.45, 7) is 4.74. The molecule has 19 heavy (non-hydrogen) atoms. The fourth-order valence-electron chi connectivity index (χ4n) is 1.77. The van der Waals surface area contributed by atoms with Crippen molar-refractivity contribution in [1.29, 1.82) is 0 Å². The zero-order chi connectivity index (χ0) is 14.2. The van der Waals surface area contributed by atoms with Crippen molar-refractivity contribution >= 4 is 15.7 Å². The van der Waals surface area contributed by atoms with Gasteiger partial charge in [0.05, 0.1) is 5.69 Å². The van der Waals surface area contributed by atoms with Gasteiger partial charge in [-0.25, -0.2) is 12.8 Å². The van der Waals surface area contributed by atoms with Gasteiger partial charge in [0, 0.05) is 0 Å². The largest absolute Gasteiger partial charge is 0.360 e. The normalized spacial score (nSPS) is 11.6. The molecule has 0 radical (unpaired) electrons. The first-order chi connectivity index (χ1) is 8.81. The zero-order valence-corrected chi connectivity index (χ0v) is 11.5. The number of hydrogen-bond donors (Lipinski definition) is 1. The number of nitrogens with one attached hydrogen (secondary N) is 1. The van der Waals surface area contributed by atoms with Gasteiger partial charge < -0.3 is 4.52 Å². The van der Waals surface area contributed by atoms with Crippen molar-refractivity contribution in [2.75, 3.05) is 4.72 Å². The minimum absolute atomic E-state index is 0.0617. The third kappa shape index (κ3) is 2.60. The molecule has 0 aliphatic heterocycles. The third-order valence-corrected chi connectivity index (χ3v) is 4.21. The highest BCUT2D eigenvalue weighted by Crippen LogP contribution is 2.24. The molecule has 1 aromatic carbocycles. The minimum Gasteiger partial charge on any atom is -0.360 e. The Bertz CT molecular complexity index is 703. The lowest BCUT2D eigenvalue weighted by atomic mass is 10.2. The Morgan fingerprint density at radius 3 is 2.53 bits per heavy atom. The highest BCUT2D eigenvalue weighted by atomic mass is 32.2. The van der Waals surface area contributed by atoms with Crippen LogP contribution in [0.1, 0.15) is 17.0 Å². The number of halogens is 1.